The Morgan fingerprint density at radius 3 is 3.07 bits per heavy atom. The van der Waals surface area contributed by atoms with Gasteiger partial charge in [-0.3, -0.25) is 0 Å². The van der Waals surface area contributed by atoms with Crippen LogP contribution in [0.1, 0.15) is 25.7 Å². The Morgan fingerprint density at radius 1 is 1.40 bits per heavy atom. The highest BCUT2D eigenvalue weighted by Crippen LogP contribution is 2.29. The fourth-order valence-electron chi connectivity index (χ4n) is 2.19. The normalized spacial score (nSPS) is 37.0. The van der Waals surface area contributed by atoms with Crippen LogP contribution in [0.3, 0.4) is 0 Å². The van der Waals surface area contributed by atoms with Gasteiger partial charge in [-0.05, 0) is 36.7 Å². The molecule has 15 heavy (non-hydrogen) atoms. The lowest BCUT2D eigenvalue weighted by Crippen LogP contribution is -2.20. The summed E-state index contributed by atoms with van der Waals surface area (Å²) < 4.78 is 11.3. The maximum atomic E-state index is 8.80. The van der Waals surface area contributed by atoms with Crippen LogP contribution >= 0.6 is 11.8 Å². The summed E-state index contributed by atoms with van der Waals surface area (Å²) in [6.07, 6.45) is 4.51. The van der Waals surface area contributed by atoms with Gasteiger partial charge in [0.2, 0.25) is 0 Å². The SMILES string of the molecule is OCCC1COC(CC2CCCSC2)O1. The van der Waals surface area contributed by atoms with E-state index in [4.69, 9.17) is 14.6 Å². The third-order valence-corrected chi connectivity index (χ3v) is 4.33. The first-order chi connectivity index (χ1) is 7.38. The minimum atomic E-state index is -0.00903. The predicted octanol–water partition coefficient (Wildman–Crippen LogP) is 1.64. The third kappa shape index (κ3) is 3.63. The average Bonchev–Trinajstić information content (AvgIpc) is 2.68. The molecule has 0 aromatic rings. The highest BCUT2D eigenvalue weighted by molar-refractivity contribution is 7.99. The second-order valence-electron chi connectivity index (χ2n) is 4.35. The molecule has 0 spiro atoms. The van der Waals surface area contributed by atoms with Crippen LogP contribution in [0.4, 0.5) is 0 Å². The van der Waals surface area contributed by atoms with Crippen molar-refractivity contribution in [1.29, 1.82) is 0 Å². The molecule has 3 unspecified atom stereocenters. The molecule has 3 atom stereocenters. The lowest BCUT2D eigenvalue weighted by Gasteiger charge is -2.23. The van der Waals surface area contributed by atoms with E-state index < -0.39 is 0 Å². The number of aliphatic hydroxyl groups is 1. The Labute approximate surface area is 95.5 Å². The molecule has 2 saturated heterocycles. The molecule has 2 heterocycles. The van der Waals surface area contributed by atoms with Crippen molar-refractivity contribution < 1.29 is 14.6 Å². The molecular weight excluding hydrogens is 212 g/mol. The largest absolute Gasteiger partial charge is 0.396 e. The molecule has 0 aromatic heterocycles. The van der Waals surface area contributed by atoms with E-state index in [0.29, 0.717) is 13.0 Å². The molecule has 3 nitrogen and oxygen atoms in total. The zero-order chi connectivity index (χ0) is 10.5. The summed E-state index contributed by atoms with van der Waals surface area (Å²) in [6.45, 7) is 0.852. The fourth-order valence-corrected chi connectivity index (χ4v) is 3.37. The van der Waals surface area contributed by atoms with Gasteiger partial charge in [-0.25, -0.2) is 0 Å². The van der Waals surface area contributed by atoms with Crippen LogP contribution < -0.4 is 0 Å². The standard InChI is InChI=1S/C11H20O3S/c12-4-3-10-7-13-11(14-10)6-9-2-1-5-15-8-9/h9-12H,1-8H2. The first-order valence-corrected chi connectivity index (χ1v) is 6.99. The molecule has 0 aliphatic carbocycles. The van der Waals surface area contributed by atoms with E-state index in [1.54, 1.807) is 0 Å². The van der Waals surface area contributed by atoms with Gasteiger partial charge < -0.3 is 14.6 Å². The summed E-state index contributed by atoms with van der Waals surface area (Å²) in [5.41, 5.74) is 0. The molecule has 4 heteroatoms. The second kappa shape index (κ2) is 6.09. The van der Waals surface area contributed by atoms with Crippen LogP contribution in [0, 0.1) is 5.92 Å². The van der Waals surface area contributed by atoms with Gasteiger partial charge in [-0.1, -0.05) is 0 Å². The molecule has 1 N–H and O–H groups in total. The Kier molecular flexibility index (Phi) is 4.75. The van der Waals surface area contributed by atoms with Crippen molar-refractivity contribution in [3.05, 3.63) is 0 Å². The van der Waals surface area contributed by atoms with E-state index in [1.807, 2.05) is 11.8 Å². The van der Waals surface area contributed by atoms with E-state index >= 15 is 0 Å². The van der Waals surface area contributed by atoms with Crippen molar-refractivity contribution in [2.24, 2.45) is 5.92 Å². The maximum Gasteiger partial charge on any atom is 0.158 e. The summed E-state index contributed by atoms with van der Waals surface area (Å²) in [5, 5.41) is 8.80. The van der Waals surface area contributed by atoms with Crippen molar-refractivity contribution in [2.45, 2.75) is 38.1 Å². The van der Waals surface area contributed by atoms with Gasteiger partial charge in [-0.15, -0.1) is 0 Å². The van der Waals surface area contributed by atoms with Crippen LogP contribution in [-0.4, -0.2) is 42.2 Å². The predicted molar refractivity (Wildman–Crippen MR) is 61.0 cm³/mol. The lowest BCUT2D eigenvalue weighted by atomic mass is 10.0. The zero-order valence-electron chi connectivity index (χ0n) is 9.06. The lowest BCUT2D eigenvalue weighted by molar-refractivity contribution is -0.0726. The number of hydrogen-bond acceptors (Lipinski definition) is 4. The van der Waals surface area contributed by atoms with E-state index in [0.717, 1.165) is 12.3 Å². The summed E-state index contributed by atoms with van der Waals surface area (Å²) >= 11 is 2.05. The maximum absolute atomic E-state index is 8.80. The number of hydrogen-bond donors (Lipinski definition) is 1. The number of aliphatic hydroxyl groups excluding tert-OH is 1. The Morgan fingerprint density at radius 2 is 2.33 bits per heavy atom. The fraction of sp³-hybridized carbons (Fsp3) is 1.00. The molecule has 0 saturated carbocycles. The van der Waals surface area contributed by atoms with Gasteiger partial charge in [0.15, 0.2) is 6.29 Å². The molecule has 2 aliphatic heterocycles. The summed E-state index contributed by atoms with van der Waals surface area (Å²) in [5.74, 6) is 3.34. The minimum absolute atomic E-state index is 0.00903. The monoisotopic (exact) mass is 232 g/mol. The van der Waals surface area contributed by atoms with Gasteiger partial charge in [0.25, 0.3) is 0 Å². The molecule has 0 radical (unpaired) electrons. The molecule has 0 aromatic carbocycles. The molecule has 2 aliphatic rings. The molecule has 2 fully saturated rings. The van der Waals surface area contributed by atoms with Crippen LogP contribution in [0.15, 0.2) is 0 Å². The van der Waals surface area contributed by atoms with Gasteiger partial charge in [-0.2, -0.15) is 11.8 Å². The van der Waals surface area contributed by atoms with Crippen molar-refractivity contribution >= 4 is 11.8 Å². The Balaban J connectivity index is 1.67. The van der Waals surface area contributed by atoms with Crippen molar-refractivity contribution in [3.63, 3.8) is 0 Å². The number of thioether (sulfide) groups is 1. The van der Waals surface area contributed by atoms with E-state index in [-0.39, 0.29) is 19.0 Å². The van der Waals surface area contributed by atoms with Crippen LogP contribution in [0.25, 0.3) is 0 Å². The van der Waals surface area contributed by atoms with Crippen molar-refractivity contribution in [3.8, 4) is 0 Å². The highest BCUT2D eigenvalue weighted by Gasteiger charge is 2.28. The van der Waals surface area contributed by atoms with Crippen molar-refractivity contribution in [2.75, 3.05) is 24.7 Å². The Hall–Kier alpha value is 0.230. The molecule has 0 amide bonds. The topological polar surface area (TPSA) is 38.7 Å². The van der Waals surface area contributed by atoms with Crippen LogP contribution in [0.2, 0.25) is 0 Å². The highest BCUT2D eigenvalue weighted by atomic mass is 32.2. The summed E-state index contributed by atoms with van der Waals surface area (Å²) in [6, 6.07) is 0. The van der Waals surface area contributed by atoms with E-state index in [2.05, 4.69) is 0 Å². The summed E-state index contributed by atoms with van der Waals surface area (Å²) in [7, 11) is 0. The van der Waals surface area contributed by atoms with Gasteiger partial charge in [0.1, 0.15) is 0 Å². The molecule has 0 bridgehead atoms. The smallest absolute Gasteiger partial charge is 0.158 e. The minimum Gasteiger partial charge on any atom is -0.396 e. The first-order valence-electron chi connectivity index (χ1n) is 5.84. The Bertz CT molecular complexity index is 183. The van der Waals surface area contributed by atoms with E-state index in [1.165, 1.54) is 24.3 Å². The van der Waals surface area contributed by atoms with Crippen molar-refractivity contribution in [1.82, 2.24) is 0 Å². The quantitative estimate of drug-likeness (QED) is 0.800. The van der Waals surface area contributed by atoms with Gasteiger partial charge >= 0.3 is 0 Å². The number of ether oxygens (including phenoxy) is 2. The first kappa shape index (κ1) is 11.7. The summed E-state index contributed by atoms with van der Waals surface area (Å²) in [4.78, 5) is 0. The van der Waals surface area contributed by atoms with Crippen LogP contribution in [-0.2, 0) is 9.47 Å². The number of rotatable bonds is 4. The average molecular weight is 232 g/mol. The van der Waals surface area contributed by atoms with Crippen LogP contribution in [0.5, 0.6) is 0 Å². The van der Waals surface area contributed by atoms with Gasteiger partial charge in [0, 0.05) is 13.0 Å². The zero-order valence-corrected chi connectivity index (χ0v) is 9.88. The molecule has 2 rings (SSSR count). The molecular formula is C11H20O3S. The third-order valence-electron chi connectivity index (χ3n) is 3.04. The van der Waals surface area contributed by atoms with E-state index in [9.17, 15) is 0 Å². The van der Waals surface area contributed by atoms with Gasteiger partial charge in [0.05, 0.1) is 12.7 Å². The molecule has 88 valence electrons. The second-order valence-corrected chi connectivity index (χ2v) is 5.50.